The number of aliphatic hydroxyl groups excluding tert-OH is 1. The van der Waals surface area contributed by atoms with Crippen LogP contribution < -0.4 is 32.3 Å². The van der Waals surface area contributed by atoms with Crippen LogP contribution in [0.4, 0.5) is 4.79 Å². The number of nitrogens with two attached hydrogens (primary N) is 1. The molecule has 4 aromatic rings. The molecule has 0 heterocycles. The minimum atomic E-state index is -1.07. The number of hydrogen-bond donors (Lipinski definition) is 7. The molecule has 5 amide bonds. The Labute approximate surface area is 360 Å². The molecule has 0 saturated carbocycles. The van der Waals surface area contributed by atoms with Crippen molar-refractivity contribution in [1.29, 1.82) is 0 Å². The van der Waals surface area contributed by atoms with Crippen LogP contribution in [0.5, 0.6) is 0 Å². The summed E-state index contributed by atoms with van der Waals surface area (Å²) in [4.78, 5) is 68.7. The van der Waals surface area contributed by atoms with E-state index in [1.165, 1.54) is 0 Å². The number of alkyl carbamates (subject to hydrolysis) is 1. The number of nitrogens with one attached hydrogen (secondary N) is 5. The number of fused-ring (bicyclic) bond motifs is 1. The minimum Gasteiger partial charge on any atom is -0.444 e. The molecule has 0 aliphatic heterocycles. The average Bonchev–Trinajstić information content (AvgIpc) is 3.20. The van der Waals surface area contributed by atoms with Gasteiger partial charge in [-0.2, -0.15) is 0 Å². The number of carbonyl (C=O) groups is 5. The van der Waals surface area contributed by atoms with Crippen LogP contribution in [0.3, 0.4) is 0 Å². The monoisotopic (exact) mass is 836 g/mol. The molecule has 0 fully saturated rings. The first kappa shape index (κ1) is 47.9. The van der Waals surface area contributed by atoms with E-state index in [1.54, 1.807) is 34.6 Å². The summed E-state index contributed by atoms with van der Waals surface area (Å²) in [6.07, 6.45) is -0.428. The molecule has 8 N–H and O–H groups in total. The second-order valence-electron chi connectivity index (χ2n) is 17.3. The third-order valence-electron chi connectivity index (χ3n) is 10.4. The molecular formula is C48H64N6O7. The fraction of sp³-hybridized carbons (Fsp3) is 0.438. The predicted octanol–water partition coefficient (Wildman–Crippen LogP) is 4.72. The lowest BCUT2D eigenvalue weighted by molar-refractivity contribution is -0.131. The van der Waals surface area contributed by atoms with E-state index in [4.69, 9.17) is 10.5 Å². The van der Waals surface area contributed by atoms with Crippen LogP contribution in [-0.4, -0.2) is 83.3 Å². The second kappa shape index (κ2) is 22.7. The highest BCUT2D eigenvalue weighted by atomic mass is 16.6. The van der Waals surface area contributed by atoms with Crippen molar-refractivity contribution in [2.75, 3.05) is 6.61 Å². The molecule has 0 aromatic heterocycles. The smallest absolute Gasteiger partial charge is 0.408 e. The Hall–Kier alpha value is -5.79. The van der Waals surface area contributed by atoms with Gasteiger partial charge in [0.05, 0.1) is 12.6 Å². The van der Waals surface area contributed by atoms with Crippen molar-refractivity contribution in [2.24, 2.45) is 17.6 Å². The quantitative estimate of drug-likeness (QED) is 0.0663. The fourth-order valence-corrected chi connectivity index (χ4v) is 6.96. The van der Waals surface area contributed by atoms with E-state index in [9.17, 15) is 29.1 Å². The molecule has 328 valence electrons. The molecular weight excluding hydrogens is 773 g/mol. The third kappa shape index (κ3) is 15.3. The fourth-order valence-electron chi connectivity index (χ4n) is 6.96. The van der Waals surface area contributed by atoms with Gasteiger partial charge in [0.2, 0.25) is 23.6 Å². The minimum absolute atomic E-state index is 0.0610. The maximum absolute atomic E-state index is 14.2. The molecule has 0 radical (unpaired) electrons. The maximum atomic E-state index is 14.2. The van der Waals surface area contributed by atoms with Gasteiger partial charge in [-0.3, -0.25) is 19.2 Å². The van der Waals surface area contributed by atoms with Gasteiger partial charge in [-0.15, -0.1) is 0 Å². The van der Waals surface area contributed by atoms with Gasteiger partial charge in [-0.25, -0.2) is 4.79 Å². The molecule has 6 atom stereocenters. The zero-order chi connectivity index (χ0) is 44.7. The van der Waals surface area contributed by atoms with E-state index >= 15 is 0 Å². The lowest BCUT2D eigenvalue weighted by Crippen LogP contribution is -2.60. The van der Waals surface area contributed by atoms with E-state index in [0.29, 0.717) is 0 Å². The van der Waals surface area contributed by atoms with Gasteiger partial charge in [0.1, 0.15) is 23.7 Å². The van der Waals surface area contributed by atoms with Crippen LogP contribution in [0.25, 0.3) is 10.8 Å². The van der Waals surface area contributed by atoms with Gasteiger partial charge in [-0.1, -0.05) is 131 Å². The second-order valence-corrected chi connectivity index (χ2v) is 17.3. The summed E-state index contributed by atoms with van der Waals surface area (Å²) in [7, 11) is 0. The number of ether oxygens (including phenoxy) is 1. The molecule has 0 bridgehead atoms. The first-order valence-electron chi connectivity index (χ1n) is 21.0. The van der Waals surface area contributed by atoms with Crippen molar-refractivity contribution >= 4 is 40.5 Å². The highest BCUT2D eigenvalue weighted by Gasteiger charge is 2.33. The van der Waals surface area contributed by atoms with Crippen LogP contribution in [0, 0.1) is 11.8 Å². The summed E-state index contributed by atoms with van der Waals surface area (Å²) in [5.41, 5.74) is 8.50. The maximum Gasteiger partial charge on any atom is 0.408 e. The van der Waals surface area contributed by atoms with Crippen molar-refractivity contribution < 1.29 is 33.8 Å². The van der Waals surface area contributed by atoms with Gasteiger partial charge in [0.15, 0.2) is 0 Å². The zero-order valence-electron chi connectivity index (χ0n) is 36.4. The Bertz CT molecular complexity index is 2050. The number of amides is 5. The first-order chi connectivity index (χ1) is 28.9. The predicted molar refractivity (Wildman–Crippen MR) is 238 cm³/mol. The normalized spacial score (nSPS) is 14.5. The van der Waals surface area contributed by atoms with Gasteiger partial charge in [0, 0.05) is 31.3 Å². The van der Waals surface area contributed by atoms with Crippen LogP contribution in [-0.2, 0) is 43.2 Å². The Morgan fingerprint density at radius 1 is 0.607 bits per heavy atom. The molecule has 4 rings (SSSR count). The lowest BCUT2D eigenvalue weighted by atomic mass is 9.95. The highest BCUT2D eigenvalue weighted by molar-refractivity contribution is 5.92. The third-order valence-corrected chi connectivity index (χ3v) is 10.4. The van der Waals surface area contributed by atoms with Crippen LogP contribution in [0.2, 0.25) is 0 Å². The first-order valence-corrected chi connectivity index (χ1v) is 21.0. The molecule has 4 aromatic carbocycles. The topological polar surface area (TPSA) is 201 Å². The molecule has 0 unspecified atom stereocenters. The Morgan fingerprint density at radius 2 is 1.15 bits per heavy atom. The zero-order valence-corrected chi connectivity index (χ0v) is 36.4. The van der Waals surface area contributed by atoms with E-state index in [-0.39, 0.29) is 44.1 Å². The number of rotatable bonds is 20. The van der Waals surface area contributed by atoms with E-state index in [2.05, 4.69) is 26.6 Å². The standard InChI is InChI=1S/C48H64N6O7/c1-30(2)41(29-55)52-44(57)40(27-35-23-16-22-34-21-14-15-24-36(34)35)50-42(56)28-37(49)38(25-32-17-10-8-11-18-32)51-46(59)43(31(3)4)54-45(58)39(26-33-19-12-9-13-20-33)53-47(60)61-48(5,6)7/h8-24,30-31,37-41,43,55H,25-29,49H2,1-7H3,(H,50,56)(H,51,59)(H,52,57)(H,53,60)(H,54,58)/t37-,38-,39-,40-,41+,43-/m0/s1. The van der Waals surface area contributed by atoms with E-state index in [1.807, 2.05) is 117 Å². The van der Waals surface area contributed by atoms with Gasteiger partial charge >= 0.3 is 6.09 Å². The summed E-state index contributed by atoms with van der Waals surface area (Å²) in [5, 5.41) is 26.3. The van der Waals surface area contributed by atoms with Crippen LogP contribution >= 0.6 is 0 Å². The molecule has 0 aliphatic rings. The molecule has 61 heavy (non-hydrogen) atoms. The van der Waals surface area contributed by atoms with E-state index < -0.39 is 71.6 Å². The van der Waals surface area contributed by atoms with E-state index in [0.717, 1.165) is 27.5 Å². The van der Waals surface area contributed by atoms with Crippen LogP contribution in [0.1, 0.15) is 71.6 Å². The van der Waals surface area contributed by atoms with Crippen molar-refractivity contribution in [1.82, 2.24) is 26.6 Å². The SMILES string of the molecule is CC(C)[C@H](NC(=O)[C@H](Cc1ccccc1)NC(=O)OC(C)(C)C)C(=O)N[C@@H](Cc1ccccc1)[C@@H](N)CC(=O)N[C@@H](Cc1cccc2ccccc12)C(=O)N[C@H](CO)C(C)C. The largest absolute Gasteiger partial charge is 0.444 e. The summed E-state index contributed by atoms with van der Waals surface area (Å²) in [6, 6.07) is 26.8. The summed E-state index contributed by atoms with van der Waals surface area (Å²) >= 11 is 0. The van der Waals surface area contributed by atoms with Crippen molar-refractivity contribution in [3.8, 4) is 0 Å². The highest BCUT2D eigenvalue weighted by Crippen LogP contribution is 2.21. The molecule has 0 saturated heterocycles. The number of carbonyl (C=O) groups excluding carboxylic acids is 5. The van der Waals surface area contributed by atoms with Gasteiger partial charge in [0.25, 0.3) is 0 Å². The van der Waals surface area contributed by atoms with Gasteiger partial charge in [-0.05, 0) is 66.5 Å². The van der Waals surface area contributed by atoms with Crippen LogP contribution in [0.15, 0.2) is 103 Å². The lowest BCUT2D eigenvalue weighted by Gasteiger charge is -2.30. The Morgan fingerprint density at radius 3 is 1.74 bits per heavy atom. The Kier molecular flexibility index (Phi) is 17.8. The molecule has 13 nitrogen and oxygen atoms in total. The summed E-state index contributed by atoms with van der Waals surface area (Å²) in [5.74, 6) is -2.50. The van der Waals surface area contributed by atoms with Crippen molar-refractivity contribution in [3.63, 3.8) is 0 Å². The molecule has 0 aliphatic carbocycles. The number of benzene rings is 4. The average molecular weight is 837 g/mol. The summed E-state index contributed by atoms with van der Waals surface area (Å²) < 4.78 is 5.45. The number of hydrogen-bond acceptors (Lipinski definition) is 8. The molecule has 0 spiro atoms. The van der Waals surface area contributed by atoms with Gasteiger partial charge < -0.3 is 42.2 Å². The summed E-state index contributed by atoms with van der Waals surface area (Å²) in [6.45, 7) is 12.3. The molecule has 13 heteroatoms. The Balaban J connectivity index is 1.55. The van der Waals surface area contributed by atoms with Crippen molar-refractivity contribution in [3.05, 3.63) is 120 Å². The van der Waals surface area contributed by atoms with Crippen molar-refractivity contribution in [2.45, 2.75) is 116 Å². The number of aliphatic hydroxyl groups is 1.